The summed E-state index contributed by atoms with van der Waals surface area (Å²) in [5, 5.41) is 11.1. The van der Waals surface area contributed by atoms with E-state index in [1.807, 2.05) is 6.92 Å². The van der Waals surface area contributed by atoms with Gasteiger partial charge in [-0.2, -0.15) is 0 Å². The van der Waals surface area contributed by atoms with Gasteiger partial charge in [0.1, 0.15) is 6.04 Å². The minimum absolute atomic E-state index is 0.322. The molecule has 0 saturated heterocycles. The molecule has 1 amide bonds. The van der Waals surface area contributed by atoms with Crippen LogP contribution < -0.4 is 5.32 Å². The van der Waals surface area contributed by atoms with Crippen molar-refractivity contribution < 1.29 is 14.7 Å². The monoisotopic (exact) mass is 185 g/mol. The van der Waals surface area contributed by atoms with Crippen molar-refractivity contribution in [2.45, 2.75) is 32.7 Å². The quantitative estimate of drug-likeness (QED) is 0.626. The standard InChI is InChI=1S/C9H15NO3/c1-4-5-7(9(12)13)10-8(11)6(2)3/h7H,2,4-5H2,1,3H3,(H,10,11)(H,12,13)/t7-/m1/s1. The maximum atomic E-state index is 11.1. The third-order valence-electron chi connectivity index (χ3n) is 1.57. The van der Waals surface area contributed by atoms with Crippen LogP contribution in [0, 0.1) is 0 Å². The number of amides is 1. The number of hydrogen-bond donors (Lipinski definition) is 2. The molecule has 0 spiro atoms. The van der Waals surface area contributed by atoms with Gasteiger partial charge < -0.3 is 10.4 Å². The first-order valence-electron chi connectivity index (χ1n) is 4.18. The Balaban J connectivity index is 4.17. The average Bonchev–Trinajstić information content (AvgIpc) is 2.03. The van der Waals surface area contributed by atoms with E-state index in [1.54, 1.807) is 6.92 Å². The van der Waals surface area contributed by atoms with Gasteiger partial charge in [-0.3, -0.25) is 4.79 Å². The average molecular weight is 185 g/mol. The van der Waals surface area contributed by atoms with E-state index >= 15 is 0 Å². The molecular weight excluding hydrogens is 170 g/mol. The molecule has 0 unspecified atom stereocenters. The van der Waals surface area contributed by atoms with Crippen molar-refractivity contribution in [1.29, 1.82) is 0 Å². The van der Waals surface area contributed by atoms with Gasteiger partial charge in [0.25, 0.3) is 0 Å². The van der Waals surface area contributed by atoms with Crippen molar-refractivity contribution in [3.05, 3.63) is 12.2 Å². The minimum atomic E-state index is -1.00. The molecule has 0 aliphatic rings. The Hall–Kier alpha value is -1.32. The van der Waals surface area contributed by atoms with Crippen molar-refractivity contribution in [3.8, 4) is 0 Å². The van der Waals surface area contributed by atoms with Crippen molar-refractivity contribution >= 4 is 11.9 Å². The first-order valence-corrected chi connectivity index (χ1v) is 4.18. The smallest absolute Gasteiger partial charge is 0.326 e. The number of carboxylic acids is 1. The predicted octanol–water partition coefficient (Wildman–Crippen LogP) is 0.932. The Morgan fingerprint density at radius 3 is 2.38 bits per heavy atom. The van der Waals surface area contributed by atoms with Crippen LogP contribution in [0.4, 0.5) is 0 Å². The third-order valence-corrected chi connectivity index (χ3v) is 1.57. The van der Waals surface area contributed by atoms with E-state index in [4.69, 9.17) is 5.11 Å². The first-order chi connectivity index (χ1) is 5.99. The summed E-state index contributed by atoms with van der Waals surface area (Å²) >= 11 is 0. The van der Waals surface area contributed by atoms with E-state index in [9.17, 15) is 9.59 Å². The van der Waals surface area contributed by atoms with Crippen molar-refractivity contribution in [3.63, 3.8) is 0 Å². The highest BCUT2D eigenvalue weighted by Gasteiger charge is 2.18. The first kappa shape index (κ1) is 11.7. The highest BCUT2D eigenvalue weighted by atomic mass is 16.4. The van der Waals surface area contributed by atoms with E-state index in [0.29, 0.717) is 18.4 Å². The number of carbonyl (C=O) groups excluding carboxylic acids is 1. The summed E-state index contributed by atoms with van der Waals surface area (Å²) in [6.45, 7) is 6.83. The second-order valence-electron chi connectivity index (χ2n) is 2.93. The largest absolute Gasteiger partial charge is 0.480 e. The summed E-state index contributed by atoms with van der Waals surface area (Å²) in [5.74, 6) is -1.41. The van der Waals surface area contributed by atoms with Gasteiger partial charge in [0, 0.05) is 5.57 Å². The number of aliphatic carboxylic acids is 1. The molecule has 0 fully saturated rings. The molecule has 13 heavy (non-hydrogen) atoms. The zero-order valence-electron chi connectivity index (χ0n) is 7.96. The fourth-order valence-electron chi connectivity index (χ4n) is 0.828. The lowest BCUT2D eigenvalue weighted by Crippen LogP contribution is -2.40. The summed E-state index contributed by atoms with van der Waals surface area (Å²) < 4.78 is 0. The van der Waals surface area contributed by atoms with Crippen molar-refractivity contribution in [1.82, 2.24) is 5.32 Å². The Bertz CT molecular complexity index is 223. The molecule has 0 aliphatic carbocycles. The second kappa shape index (κ2) is 5.35. The molecule has 2 N–H and O–H groups in total. The van der Waals surface area contributed by atoms with Crippen LogP contribution in [0.5, 0.6) is 0 Å². The highest BCUT2D eigenvalue weighted by Crippen LogP contribution is 1.98. The van der Waals surface area contributed by atoms with Crippen LogP contribution in [-0.4, -0.2) is 23.0 Å². The number of nitrogens with one attached hydrogen (secondary N) is 1. The molecule has 0 aromatic carbocycles. The molecule has 0 heterocycles. The Labute approximate surface area is 77.6 Å². The SMILES string of the molecule is C=C(C)C(=O)N[C@H](CCC)C(=O)O. The summed E-state index contributed by atoms with van der Waals surface area (Å²) in [6, 6.07) is -0.797. The van der Waals surface area contributed by atoms with E-state index < -0.39 is 17.9 Å². The summed E-state index contributed by atoms with van der Waals surface area (Å²) in [6.07, 6.45) is 1.15. The predicted molar refractivity (Wildman–Crippen MR) is 49.3 cm³/mol. The molecule has 0 aromatic heterocycles. The zero-order valence-corrected chi connectivity index (χ0v) is 7.96. The van der Waals surface area contributed by atoms with Gasteiger partial charge in [-0.15, -0.1) is 0 Å². The third kappa shape index (κ3) is 4.30. The fraction of sp³-hybridized carbons (Fsp3) is 0.556. The molecule has 0 aliphatic heterocycles. The Kier molecular flexibility index (Phi) is 4.80. The Morgan fingerprint density at radius 1 is 1.54 bits per heavy atom. The van der Waals surface area contributed by atoms with E-state index in [0.717, 1.165) is 0 Å². The summed E-state index contributed by atoms with van der Waals surface area (Å²) in [5.41, 5.74) is 0.322. The van der Waals surface area contributed by atoms with Crippen LogP contribution in [0.15, 0.2) is 12.2 Å². The zero-order chi connectivity index (χ0) is 10.4. The number of carboxylic acid groups (broad SMARTS) is 1. The van der Waals surface area contributed by atoms with Gasteiger partial charge in [0.2, 0.25) is 5.91 Å². The molecule has 0 aromatic rings. The highest BCUT2D eigenvalue weighted by molar-refractivity contribution is 5.94. The minimum Gasteiger partial charge on any atom is -0.480 e. The summed E-state index contributed by atoms with van der Waals surface area (Å²) in [4.78, 5) is 21.7. The van der Waals surface area contributed by atoms with Gasteiger partial charge >= 0.3 is 5.97 Å². The molecule has 0 saturated carbocycles. The molecule has 0 radical (unpaired) electrons. The Morgan fingerprint density at radius 2 is 2.08 bits per heavy atom. The fourth-order valence-corrected chi connectivity index (χ4v) is 0.828. The van der Waals surface area contributed by atoms with Crippen LogP contribution in [0.25, 0.3) is 0 Å². The molecule has 4 nitrogen and oxygen atoms in total. The molecule has 1 atom stereocenters. The van der Waals surface area contributed by atoms with Crippen LogP contribution >= 0.6 is 0 Å². The molecular formula is C9H15NO3. The van der Waals surface area contributed by atoms with Crippen molar-refractivity contribution in [2.75, 3.05) is 0 Å². The molecule has 0 rings (SSSR count). The molecule has 74 valence electrons. The van der Waals surface area contributed by atoms with Crippen LogP contribution in [0.3, 0.4) is 0 Å². The topological polar surface area (TPSA) is 66.4 Å². The van der Waals surface area contributed by atoms with Gasteiger partial charge in [-0.05, 0) is 13.3 Å². The van der Waals surface area contributed by atoms with Crippen molar-refractivity contribution in [2.24, 2.45) is 0 Å². The van der Waals surface area contributed by atoms with Gasteiger partial charge in [-0.1, -0.05) is 19.9 Å². The normalized spacial score (nSPS) is 11.8. The maximum Gasteiger partial charge on any atom is 0.326 e. The molecule has 4 heteroatoms. The number of carbonyl (C=O) groups is 2. The van der Waals surface area contributed by atoms with Gasteiger partial charge in [0.05, 0.1) is 0 Å². The van der Waals surface area contributed by atoms with E-state index in [2.05, 4.69) is 11.9 Å². The lowest BCUT2D eigenvalue weighted by molar-refractivity contribution is -0.141. The number of hydrogen-bond acceptors (Lipinski definition) is 2. The second-order valence-corrected chi connectivity index (χ2v) is 2.93. The van der Waals surface area contributed by atoms with E-state index in [1.165, 1.54) is 0 Å². The maximum absolute atomic E-state index is 11.1. The number of rotatable bonds is 5. The van der Waals surface area contributed by atoms with Crippen LogP contribution in [0.2, 0.25) is 0 Å². The lowest BCUT2D eigenvalue weighted by Gasteiger charge is -2.12. The lowest BCUT2D eigenvalue weighted by atomic mass is 10.1. The van der Waals surface area contributed by atoms with Gasteiger partial charge in [0.15, 0.2) is 0 Å². The van der Waals surface area contributed by atoms with Gasteiger partial charge in [-0.25, -0.2) is 4.79 Å². The van der Waals surface area contributed by atoms with E-state index in [-0.39, 0.29) is 0 Å². The molecule has 0 bridgehead atoms. The van der Waals surface area contributed by atoms with Crippen LogP contribution in [-0.2, 0) is 9.59 Å². The van der Waals surface area contributed by atoms with Crippen LogP contribution in [0.1, 0.15) is 26.7 Å². The summed E-state index contributed by atoms with van der Waals surface area (Å²) in [7, 11) is 0.